The summed E-state index contributed by atoms with van der Waals surface area (Å²) < 4.78 is 5.44. The first-order valence-corrected chi connectivity index (χ1v) is 5.95. The molecule has 0 amide bonds. The highest BCUT2D eigenvalue weighted by atomic mass is 16.5. The maximum absolute atomic E-state index is 9.23. The van der Waals surface area contributed by atoms with Gasteiger partial charge in [-0.2, -0.15) is 0 Å². The van der Waals surface area contributed by atoms with Crippen LogP contribution in [-0.4, -0.2) is 54.5 Å². The van der Waals surface area contributed by atoms with Crippen LogP contribution in [0.1, 0.15) is 25.7 Å². The lowest BCUT2D eigenvalue weighted by Crippen LogP contribution is -2.44. The van der Waals surface area contributed by atoms with Gasteiger partial charge in [0.15, 0.2) is 0 Å². The molecule has 2 rings (SSSR count). The normalized spacial score (nSPS) is 39.2. The number of aliphatic hydroxyl groups is 1. The van der Waals surface area contributed by atoms with Gasteiger partial charge in [0.25, 0.3) is 0 Å². The first-order chi connectivity index (χ1) is 7.23. The summed E-state index contributed by atoms with van der Waals surface area (Å²) in [6.07, 6.45) is 4.12. The van der Waals surface area contributed by atoms with Crippen molar-refractivity contribution < 1.29 is 9.84 Å². The minimum Gasteiger partial charge on any atom is -0.394 e. The van der Waals surface area contributed by atoms with Crippen LogP contribution in [0.4, 0.5) is 0 Å². The summed E-state index contributed by atoms with van der Waals surface area (Å²) in [7, 11) is 0. The largest absolute Gasteiger partial charge is 0.394 e. The molecule has 2 atom stereocenters. The van der Waals surface area contributed by atoms with Crippen molar-refractivity contribution in [2.45, 2.75) is 37.3 Å². The van der Waals surface area contributed by atoms with Gasteiger partial charge < -0.3 is 15.6 Å². The summed E-state index contributed by atoms with van der Waals surface area (Å²) in [5.74, 6) is 0. The first kappa shape index (κ1) is 11.3. The van der Waals surface area contributed by atoms with Crippen molar-refractivity contribution in [1.29, 1.82) is 0 Å². The Bertz CT molecular complexity index is 205. The summed E-state index contributed by atoms with van der Waals surface area (Å²) in [6, 6.07) is 0.559. The molecule has 4 nitrogen and oxygen atoms in total. The Labute approximate surface area is 91.4 Å². The van der Waals surface area contributed by atoms with Gasteiger partial charge in [0.1, 0.15) is 0 Å². The highest BCUT2D eigenvalue weighted by Gasteiger charge is 2.37. The topological polar surface area (TPSA) is 58.7 Å². The Balaban J connectivity index is 1.88. The monoisotopic (exact) mass is 214 g/mol. The van der Waals surface area contributed by atoms with E-state index in [-0.39, 0.29) is 12.1 Å². The zero-order valence-electron chi connectivity index (χ0n) is 9.32. The van der Waals surface area contributed by atoms with Crippen LogP contribution in [0, 0.1) is 0 Å². The Morgan fingerprint density at radius 1 is 1.40 bits per heavy atom. The molecule has 2 fully saturated rings. The van der Waals surface area contributed by atoms with E-state index in [0.717, 1.165) is 52.0 Å². The third-order valence-corrected chi connectivity index (χ3v) is 3.71. The van der Waals surface area contributed by atoms with Gasteiger partial charge in [-0.05, 0) is 25.7 Å². The average molecular weight is 214 g/mol. The maximum atomic E-state index is 9.23. The number of nitrogens with two attached hydrogens (primary N) is 1. The molecule has 1 heterocycles. The predicted octanol–water partition coefficient (Wildman–Crippen LogP) is -0.0490. The number of aliphatic hydroxyl groups excluding tert-OH is 1. The SMILES string of the molecule is NC1(CO)CCC(N2CCCOCC2)C1. The van der Waals surface area contributed by atoms with Gasteiger partial charge in [-0.15, -0.1) is 0 Å². The second-order valence-electron chi connectivity index (χ2n) is 4.92. The highest BCUT2D eigenvalue weighted by molar-refractivity contribution is 4.97. The van der Waals surface area contributed by atoms with Gasteiger partial charge in [-0.1, -0.05) is 0 Å². The van der Waals surface area contributed by atoms with E-state index in [1.807, 2.05) is 0 Å². The van der Waals surface area contributed by atoms with E-state index in [1.165, 1.54) is 0 Å². The van der Waals surface area contributed by atoms with Crippen molar-refractivity contribution in [2.24, 2.45) is 5.73 Å². The van der Waals surface area contributed by atoms with E-state index < -0.39 is 0 Å². The second-order valence-corrected chi connectivity index (χ2v) is 4.92. The van der Waals surface area contributed by atoms with Crippen molar-refractivity contribution in [2.75, 3.05) is 32.9 Å². The van der Waals surface area contributed by atoms with E-state index >= 15 is 0 Å². The molecule has 88 valence electrons. The molecule has 0 spiro atoms. The summed E-state index contributed by atoms with van der Waals surface area (Å²) in [6.45, 7) is 3.98. The van der Waals surface area contributed by atoms with Crippen molar-refractivity contribution in [3.05, 3.63) is 0 Å². The van der Waals surface area contributed by atoms with Crippen LogP contribution in [0.2, 0.25) is 0 Å². The number of nitrogens with zero attached hydrogens (tertiary/aromatic N) is 1. The fourth-order valence-electron chi connectivity index (χ4n) is 2.71. The lowest BCUT2D eigenvalue weighted by molar-refractivity contribution is 0.128. The second kappa shape index (κ2) is 4.78. The number of ether oxygens (including phenoxy) is 1. The number of hydrogen-bond acceptors (Lipinski definition) is 4. The molecule has 1 saturated heterocycles. The van der Waals surface area contributed by atoms with E-state index in [2.05, 4.69) is 4.90 Å². The van der Waals surface area contributed by atoms with Crippen molar-refractivity contribution in [3.8, 4) is 0 Å². The van der Waals surface area contributed by atoms with E-state index in [4.69, 9.17) is 10.5 Å². The zero-order valence-corrected chi connectivity index (χ0v) is 9.32. The van der Waals surface area contributed by atoms with Gasteiger partial charge in [-0.25, -0.2) is 0 Å². The molecular formula is C11H22N2O2. The molecule has 1 aliphatic heterocycles. The summed E-state index contributed by atoms with van der Waals surface area (Å²) in [5, 5.41) is 9.23. The smallest absolute Gasteiger partial charge is 0.0611 e. The molecule has 0 aromatic carbocycles. The molecule has 0 radical (unpaired) electrons. The molecule has 0 aromatic heterocycles. The first-order valence-electron chi connectivity index (χ1n) is 5.95. The maximum Gasteiger partial charge on any atom is 0.0611 e. The van der Waals surface area contributed by atoms with Gasteiger partial charge >= 0.3 is 0 Å². The van der Waals surface area contributed by atoms with Crippen LogP contribution in [0.3, 0.4) is 0 Å². The van der Waals surface area contributed by atoms with E-state index in [1.54, 1.807) is 0 Å². The fourth-order valence-corrected chi connectivity index (χ4v) is 2.71. The Morgan fingerprint density at radius 2 is 2.27 bits per heavy atom. The molecule has 1 aliphatic carbocycles. The lowest BCUT2D eigenvalue weighted by atomic mass is 10.0. The van der Waals surface area contributed by atoms with Crippen LogP contribution >= 0.6 is 0 Å². The molecule has 2 aliphatic rings. The Morgan fingerprint density at radius 3 is 3.00 bits per heavy atom. The minimum atomic E-state index is -0.322. The third-order valence-electron chi connectivity index (χ3n) is 3.71. The van der Waals surface area contributed by atoms with E-state index in [9.17, 15) is 5.11 Å². The fraction of sp³-hybridized carbons (Fsp3) is 1.00. The zero-order chi connectivity index (χ0) is 10.7. The van der Waals surface area contributed by atoms with Gasteiger partial charge in [0, 0.05) is 31.3 Å². The standard InChI is InChI=1S/C11H22N2O2/c12-11(9-14)3-2-10(8-11)13-4-1-6-15-7-5-13/h10,14H,1-9,12H2. The molecule has 15 heavy (non-hydrogen) atoms. The molecule has 1 saturated carbocycles. The molecule has 3 N–H and O–H groups in total. The van der Waals surface area contributed by atoms with E-state index in [0.29, 0.717) is 6.04 Å². The van der Waals surface area contributed by atoms with Gasteiger partial charge in [0.05, 0.1) is 13.2 Å². The minimum absolute atomic E-state index is 0.119. The van der Waals surface area contributed by atoms with Crippen molar-refractivity contribution in [1.82, 2.24) is 4.90 Å². The van der Waals surface area contributed by atoms with Crippen LogP contribution in [0.15, 0.2) is 0 Å². The van der Waals surface area contributed by atoms with Crippen molar-refractivity contribution in [3.63, 3.8) is 0 Å². The summed E-state index contributed by atoms with van der Waals surface area (Å²) in [4.78, 5) is 2.48. The summed E-state index contributed by atoms with van der Waals surface area (Å²) in [5.41, 5.74) is 5.76. The molecule has 2 unspecified atom stereocenters. The van der Waals surface area contributed by atoms with Crippen LogP contribution in [0.25, 0.3) is 0 Å². The molecule has 4 heteroatoms. The van der Waals surface area contributed by atoms with Crippen molar-refractivity contribution >= 4 is 0 Å². The lowest BCUT2D eigenvalue weighted by Gasteiger charge is -2.28. The number of hydrogen-bond donors (Lipinski definition) is 2. The van der Waals surface area contributed by atoms with Gasteiger partial charge in [-0.3, -0.25) is 4.90 Å². The Kier molecular flexibility index (Phi) is 3.61. The molecule has 0 aromatic rings. The van der Waals surface area contributed by atoms with Gasteiger partial charge in [0.2, 0.25) is 0 Å². The Hall–Kier alpha value is -0.160. The quantitative estimate of drug-likeness (QED) is 0.677. The average Bonchev–Trinajstić information content (AvgIpc) is 2.50. The molecule has 0 bridgehead atoms. The molecular weight excluding hydrogens is 192 g/mol. The summed E-state index contributed by atoms with van der Waals surface area (Å²) >= 11 is 0. The van der Waals surface area contributed by atoms with Crippen LogP contribution < -0.4 is 5.73 Å². The van der Waals surface area contributed by atoms with Crippen LogP contribution in [-0.2, 0) is 4.74 Å². The highest BCUT2D eigenvalue weighted by Crippen LogP contribution is 2.31. The third kappa shape index (κ3) is 2.69. The number of rotatable bonds is 2. The predicted molar refractivity (Wildman–Crippen MR) is 58.7 cm³/mol. The van der Waals surface area contributed by atoms with Crippen LogP contribution in [0.5, 0.6) is 0 Å².